The number of rotatable bonds is 3. The van der Waals surface area contributed by atoms with Crippen molar-refractivity contribution >= 4 is 0 Å². The lowest BCUT2D eigenvalue weighted by Gasteiger charge is -2.10. The molecule has 0 N–H and O–H groups in total. The number of benzene rings is 2. The molecule has 0 aliphatic heterocycles. The maximum absolute atomic E-state index is 13.5. The van der Waals surface area contributed by atoms with Crippen LogP contribution >= 0.6 is 0 Å². The third kappa shape index (κ3) is 2.90. The molecule has 0 saturated heterocycles. The summed E-state index contributed by atoms with van der Waals surface area (Å²) in [5.41, 5.74) is 1.15. The monoisotopic (exact) mass is 350 g/mol. The summed E-state index contributed by atoms with van der Waals surface area (Å²) in [7, 11) is 0. The predicted octanol–water partition coefficient (Wildman–Crippen LogP) is 3.36. The molecule has 0 atom stereocenters. The van der Waals surface area contributed by atoms with Gasteiger partial charge in [-0.3, -0.25) is 4.79 Å². The van der Waals surface area contributed by atoms with E-state index >= 15 is 0 Å². The highest BCUT2D eigenvalue weighted by Crippen LogP contribution is 2.19. The second kappa shape index (κ2) is 6.36. The van der Waals surface area contributed by atoms with E-state index in [1.807, 2.05) is 0 Å². The van der Waals surface area contributed by atoms with Crippen LogP contribution < -0.4 is 5.43 Å². The second-order valence-electron chi connectivity index (χ2n) is 5.56. The van der Waals surface area contributed by atoms with Gasteiger partial charge >= 0.3 is 0 Å². The van der Waals surface area contributed by atoms with Crippen LogP contribution in [0.3, 0.4) is 0 Å². The van der Waals surface area contributed by atoms with Gasteiger partial charge in [0.15, 0.2) is 5.69 Å². The molecule has 5 nitrogen and oxygen atoms in total. The molecular weight excluding hydrogens is 338 g/mol. The third-order valence-electron chi connectivity index (χ3n) is 3.82. The van der Waals surface area contributed by atoms with Gasteiger partial charge in [-0.2, -0.15) is 10.2 Å². The predicted molar refractivity (Wildman–Crippen MR) is 92.3 cm³/mol. The highest BCUT2D eigenvalue weighted by atomic mass is 19.1. The second-order valence-corrected chi connectivity index (χ2v) is 5.56. The van der Waals surface area contributed by atoms with Crippen molar-refractivity contribution in [2.45, 2.75) is 0 Å². The Hall–Kier alpha value is -3.61. The molecule has 2 heterocycles. The Morgan fingerprint density at radius 2 is 1.54 bits per heavy atom. The van der Waals surface area contributed by atoms with Gasteiger partial charge < -0.3 is 0 Å². The molecule has 4 aromatic rings. The van der Waals surface area contributed by atoms with E-state index in [9.17, 15) is 13.6 Å². The van der Waals surface area contributed by atoms with Gasteiger partial charge in [-0.05, 0) is 42.5 Å². The number of nitrogens with zero attached hydrogens (tertiary/aromatic N) is 4. The van der Waals surface area contributed by atoms with E-state index in [-0.39, 0.29) is 11.1 Å². The van der Waals surface area contributed by atoms with E-state index in [1.165, 1.54) is 52.1 Å². The Morgan fingerprint density at radius 1 is 0.846 bits per heavy atom. The first-order valence-electron chi connectivity index (χ1n) is 7.78. The van der Waals surface area contributed by atoms with Crippen molar-refractivity contribution in [1.82, 2.24) is 19.6 Å². The first-order valence-corrected chi connectivity index (χ1v) is 7.78. The molecule has 4 rings (SSSR count). The van der Waals surface area contributed by atoms with Crippen LogP contribution in [0.1, 0.15) is 0 Å². The van der Waals surface area contributed by atoms with Crippen molar-refractivity contribution in [1.29, 1.82) is 0 Å². The smallest absolute Gasteiger partial charge is 0.209 e. The van der Waals surface area contributed by atoms with Crippen molar-refractivity contribution in [3.05, 3.63) is 94.9 Å². The number of hydrogen-bond acceptors (Lipinski definition) is 3. The summed E-state index contributed by atoms with van der Waals surface area (Å²) in [6.45, 7) is 0. The zero-order valence-electron chi connectivity index (χ0n) is 13.4. The van der Waals surface area contributed by atoms with E-state index in [1.54, 1.807) is 30.3 Å². The molecule has 2 aromatic carbocycles. The van der Waals surface area contributed by atoms with E-state index in [2.05, 4.69) is 10.2 Å². The average molecular weight is 350 g/mol. The molecule has 26 heavy (non-hydrogen) atoms. The minimum absolute atomic E-state index is 0.124. The van der Waals surface area contributed by atoms with Crippen LogP contribution in [0.4, 0.5) is 8.78 Å². The Morgan fingerprint density at radius 3 is 2.27 bits per heavy atom. The number of halogens is 2. The van der Waals surface area contributed by atoms with E-state index in [0.29, 0.717) is 17.1 Å². The van der Waals surface area contributed by atoms with Crippen LogP contribution in [-0.4, -0.2) is 19.6 Å². The molecule has 0 saturated carbocycles. The van der Waals surface area contributed by atoms with Crippen molar-refractivity contribution in [3.8, 4) is 22.8 Å². The molecule has 128 valence electrons. The molecule has 0 aliphatic carbocycles. The van der Waals surface area contributed by atoms with Crippen molar-refractivity contribution in [2.75, 3.05) is 0 Å². The summed E-state index contributed by atoms with van der Waals surface area (Å²) in [5.74, 6) is -0.823. The van der Waals surface area contributed by atoms with Gasteiger partial charge in [0, 0.05) is 12.3 Å². The number of hydrogen-bond donors (Lipinski definition) is 0. The Kier molecular flexibility index (Phi) is 3.89. The fourth-order valence-electron chi connectivity index (χ4n) is 2.64. The topological polar surface area (TPSA) is 52.7 Å². The van der Waals surface area contributed by atoms with Crippen molar-refractivity contribution in [3.63, 3.8) is 0 Å². The lowest BCUT2D eigenvalue weighted by atomic mass is 10.2. The van der Waals surface area contributed by atoms with Gasteiger partial charge in [0.05, 0.1) is 23.3 Å². The van der Waals surface area contributed by atoms with Gasteiger partial charge in [0.25, 0.3) is 0 Å². The molecule has 0 radical (unpaired) electrons. The maximum Gasteiger partial charge on any atom is 0.209 e. The Balaban J connectivity index is 1.86. The van der Waals surface area contributed by atoms with Gasteiger partial charge in [-0.25, -0.2) is 18.1 Å². The fraction of sp³-hybridized carbons (Fsp3) is 0. The summed E-state index contributed by atoms with van der Waals surface area (Å²) < 4.78 is 29.9. The Labute approximate surface area is 146 Å². The fourth-order valence-corrected chi connectivity index (χ4v) is 2.64. The molecule has 0 bridgehead atoms. The summed E-state index contributed by atoms with van der Waals surface area (Å²) in [6.07, 6.45) is 2.96. The summed E-state index contributed by atoms with van der Waals surface area (Å²) in [5, 5.41) is 8.48. The molecule has 0 aliphatic rings. The van der Waals surface area contributed by atoms with Crippen LogP contribution in [0.2, 0.25) is 0 Å². The van der Waals surface area contributed by atoms with Gasteiger partial charge in [0.2, 0.25) is 5.43 Å². The SMILES string of the molecule is O=c1ccn(-c2cccc(F)c2)nc1-c1ccnn1-c1cccc(F)c1. The molecule has 0 amide bonds. The van der Waals surface area contributed by atoms with Crippen LogP contribution in [0.5, 0.6) is 0 Å². The minimum Gasteiger partial charge on any atom is -0.287 e. The van der Waals surface area contributed by atoms with Gasteiger partial charge in [-0.15, -0.1) is 0 Å². The third-order valence-corrected chi connectivity index (χ3v) is 3.82. The van der Waals surface area contributed by atoms with Gasteiger partial charge in [0.1, 0.15) is 11.6 Å². The highest BCUT2D eigenvalue weighted by molar-refractivity contribution is 5.57. The molecule has 0 unspecified atom stereocenters. The molecule has 0 spiro atoms. The summed E-state index contributed by atoms with van der Waals surface area (Å²) in [6, 6.07) is 14.7. The van der Waals surface area contributed by atoms with E-state index < -0.39 is 11.6 Å². The van der Waals surface area contributed by atoms with Crippen molar-refractivity contribution in [2.24, 2.45) is 0 Å². The minimum atomic E-state index is -0.415. The zero-order valence-corrected chi connectivity index (χ0v) is 13.4. The molecular formula is C19H12F2N4O. The van der Waals surface area contributed by atoms with E-state index in [4.69, 9.17) is 0 Å². The van der Waals surface area contributed by atoms with E-state index in [0.717, 1.165) is 0 Å². The van der Waals surface area contributed by atoms with Gasteiger partial charge in [-0.1, -0.05) is 12.1 Å². The maximum atomic E-state index is 13.5. The lowest BCUT2D eigenvalue weighted by molar-refractivity contribution is 0.625. The highest BCUT2D eigenvalue weighted by Gasteiger charge is 2.14. The van der Waals surface area contributed by atoms with Crippen LogP contribution in [-0.2, 0) is 0 Å². The summed E-state index contributed by atoms with van der Waals surface area (Å²) >= 11 is 0. The van der Waals surface area contributed by atoms with Crippen LogP contribution in [0, 0.1) is 11.6 Å². The normalized spacial score (nSPS) is 10.8. The summed E-state index contributed by atoms with van der Waals surface area (Å²) in [4.78, 5) is 12.4. The largest absolute Gasteiger partial charge is 0.287 e. The van der Waals surface area contributed by atoms with Crippen LogP contribution in [0.15, 0.2) is 77.9 Å². The lowest BCUT2D eigenvalue weighted by Crippen LogP contribution is -2.15. The molecule has 7 heteroatoms. The van der Waals surface area contributed by atoms with Crippen LogP contribution in [0.25, 0.3) is 22.8 Å². The standard InChI is InChI=1S/C19H12F2N4O/c20-13-3-1-5-15(11-13)24-10-8-18(26)19(23-24)17-7-9-22-25(17)16-6-2-4-14(21)12-16/h1-12H. The first kappa shape index (κ1) is 15.9. The number of aromatic nitrogens is 4. The first-order chi connectivity index (χ1) is 12.6. The zero-order chi connectivity index (χ0) is 18.1. The quantitative estimate of drug-likeness (QED) is 0.569. The average Bonchev–Trinajstić information content (AvgIpc) is 3.12. The van der Waals surface area contributed by atoms with Crippen molar-refractivity contribution < 1.29 is 8.78 Å². The molecule has 2 aromatic heterocycles. The Bertz CT molecular complexity index is 1150. The molecule has 0 fully saturated rings.